The normalized spacial score (nSPS) is 12.7. The third-order valence-electron chi connectivity index (χ3n) is 2.17. The maximum absolute atomic E-state index is 5.42. The Bertz CT molecular complexity index is 251. The minimum Gasteiger partial charge on any atom is -0.377 e. The van der Waals surface area contributed by atoms with Crippen LogP contribution in [0.2, 0.25) is 0 Å². The van der Waals surface area contributed by atoms with E-state index in [-0.39, 0.29) is 0 Å². The molecule has 0 spiro atoms. The van der Waals surface area contributed by atoms with Gasteiger partial charge < -0.3 is 10.1 Å². The zero-order valence-electron chi connectivity index (χ0n) is 9.57. The molecule has 1 N–H and O–H groups in total. The van der Waals surface area contributed by atoms with Gasteiger partial charge in [0.25, 0.3) is 0 Å². The summed E-state index contributed by atoms with van der Waals surface area (Å²) >= 11 is 0. The van der Waals surface area contributed by atoms with Gasteiger partial charge in [0.05, 0.1) is 6.10 Å². The molecule has 1 rings (SSSR count). The molecule has 0 saturated carbocycles. The summed E-state index contributed by atoms with van der Waals surface area (Å²) in [5, 5.41) is 3.35. The second-order valence-electron chi connectivity index (χ2n) is 3.54. The van der Waals surface area contributed by atoms with Crippen LogP contribution in [0.3, 0.4) is 0 Å². The number of nitrogens with one attached hydrogen (secondary N) is 1. The van der Waals surface area contributed by atoms with E-state index in [9.17, 15) is 0 Å². The molecule has 1 aromatic rings. The van der Waals surface area contributed by atoms with Crippen molar-refractivity contribution in [2.24, 2.45) is 0 Å². The molecule has 0 aliphatic rings. The van der Waals surface area contributed by atoms with Crippen LogP contribution >= 0.6 is 0 Å². The van der Waals surface area contributed by atoms with Gasteiger partial charge in [0.15, 0.2) is 0 Å². The maximum Gasteiger partial charge on any atom is 0.0671 e. The first-order valence-corrected chi connectivity index (χ1v) is 5.55. The second-order valence-corrected chi connectivity index (χ2v) is 3.54. The number of nitrogens with zero attached hydrogens (tertiary/aromatic N) is 1. The highest BCUT2D eigenvalue weighted by Gasteiger charge is 1.99. The Hall–Kier alpha value is -0.930. The highest BCUT2D eigenvalue weighted by Crippen LogP contribution is 1.93. The summed E-state index contributed by atoms with van der Waals surface area (Å²) in [4.78, 5) is 4.26. The summed E-state index contributed by atoms with van der Waals surface area (Å²) in [6.07, 6.45) is 3.09. The minimum absolute atomic E-state index is 0.290. The molecule has 0 aromatic carbocycles. The van der Waals surface area contributed by atoms with Crippen molar-refractivity contribution in [3.63, 3.8) is 0 Å². The van der Waals surface area contributed by atoms with E-state index >= 15 is 0 Å². The molecule has 0 saturated heterocycles. The van der Waals surface area contributed by atoms with Crippen molar-refractivity contribution in [3.8, 4) is 0 Å². The molecule has 1 unspecified atom stereocenters. The van der Waals surface area contributed by atoms with Crippen LogP contribution in [0.15, 0.2) is 24.4 Å². The average Bonchev–Trinajstić information content (AvgIpc) is 2.26. The fourth-order valence-corrected chi connectivity index (χ4v) is 1.41. The predicted octanol–water partition coefficient (Wildman–Crippen LogP) is 1.64. The zero-order valence-corrected chi connectivity index (χ0v) is 9.57. The number of ether oxygens (including phenoxy) is 1. The molecule has 0 radical (unpaired) electrons. The largest absolute Gasteiger partial charge is 0.377 e. The van der Waals surface area contributed by atoms with Crippen LogP contribution in [0.4, 0.5) is 0 Å². The third-order valence-corrected chi connectivity index (χ3v) is 2.17. The highest BCUT2D eigenvalue weighted by molar-refractivity contribution is 5.03. The number of aromatic nitrogens is 1. The lowest BCUT2D eigenvalue weighted by atomic mass is 10.2. The molecule has 0 aliphatic carbocycles. The van der Waals surface area contributed by atoms with Gasteiger partial charge in [0.1, 0.15) is 0 Å². The summed E-state index contributed by atoms with van der Waals surface area (Å²) in [5.41, 5.74) is 1.13. The van der Waals surface area contributed by atoms with Crippen molar-refractivity contribution in [2.75, 3.05) is 19.7 Å². The van der Waals surface area contributed by atoms with Gasteiger partial charge in [-0.1, -0.05) is 6.07 Å². The van der Waals surface area contributed by atoms with Crippen molar-refractivity contribution in [2.45, 2.75) is 26.4 Å². The Labute approximate surface area is 91.9 Å². The molecule has 15 heavy (non-hydrogen) atoms. The molecule has 1 aromatic heterocycles. The fraction of sp³-hybridized carbons (Fsp3) is 0.583. The van der Waals surface area contributed by atoms with Gasteiger partial charge in [-0.2, -0.15) is 0 Å². The fourth-order valence-electron chi connectivity index (χ4n) is 1.41. The van der Waals surface area contributed by atoms with Crippen LogP contribution in [-0.4, -0.2) is 30.8 Å². The van der Waals surface area contributed by atoms with E-state index in [1.165, 1.54) is 0 Å². The summed E-state index contributed by atoms with van der Waals surface area (Å²) < 4.78 is 5.42. The number of rotatable bonds is 7. The highest BCUT2D eigenvalue weighted by atomic mass is 16.5. The van der Waals surface area contributed by atoms with Crippen molar-refractivity contribution < 1.29 is 4.74 Å². The van der Waals surface area contributed by atoms with E-state index < -0.39 is 0 Å². The Balaban J connectivity index is 2.07. The molecule has 0 aliphatic heterocycles. The number of hydrogen-bond acceptors (Lipinski definition) is 3. The molecule has 0 fully saturated rings. The van der Waals surface area contributed by atoms with Crippen LogP contribution in [0.25, 0.3) is 0 Å². The molecule has 3 heteroatoms. The SMILES string of the molecule is CCOC(C)CNCCc1ccccn1. The van der Waals surface area contributed by atoms with Gasteiger partial charge in [-0.3, -0.25) is 4.98 Å². The average molecular weight is 208 g/mol. The maximum atomic E-state index is 5.42. The first-order valence-electron chi connectivity index (χ1n) is 5.55. The van der Waals surface area contributed by atoms with Crippen molar-refractivity contribution >= 4 is 0 Å². The van der Waals surface area contributed by atoms with Gasteiger partial charge in [0.2, 0.25) is 0 Å². The lowest BCUT2D eigenvalue weighted by molar-refractivity contribution is 0.0763. The van der Waals surface area contributed by atoms with Crippen molar-refractivity contribution in [1.82, 2.24) is 10.3 Å². The van der Waals surface area contributed by atoms with Crippen LogP contribution in [0.1, 0.15) is 19.5 Å². The third kappa shape index (κ3) is 5.50. The molecule has 84 valence electrons. The van der Waals surface area contributed by atoms with Crippen LogP contribution in [-0.2, 0) is 11.2 Å². The van der Waals surface area contributed by atoms with E-state index in [1.807, 2.05) is 31.3 Å². The first kappa shape index (κ1) is 12.1. The van der Waals surface area contributed by atoms with Gasteiger partial charge in [0, 0.05) is 38.0 Å². The van der Waals surface area contributed by atoms with E-state index in [4.69, 9.17) is 4.74 Å². The summed E-state index contributed by atoms with van der Waals surface area (Å²) in [6.45, 7) is 6.74. The quantitative estimate of drug-likeness (QED) is 0.692. The van der Waals surface area contributed by atoms with Gasteiger partial charge in [-0.05, 0) is 26.0 Å². The first-order chi connectivity index (χ1) is 7.33. The molecule has 0 bridgehead atoms. The van der Waals surface area contributed by atoms with Gasteiger partial charge in [-0.25, -0.2) is 0 Å². The smallest absolute Gasteiger partial charge is 0.0671 e. The van der Waals surface area contributed by atoms with Crippen LogP contribution < -0.4 is 5.32 Å². The molecular formula is C12H20N2O. The molecule has 1 atom stereocenters. The lowest BCUT2D eigenvalue weighted by Crippen LogP contribution is -2.28. The monoisotopic (exact) mass is 208 g/mol. The van der Waals surface area contributed by atoms with E-state index in [0.717, 1.165) is 31.8 Å². The number of hydrogen-bond donors (Lipinski definition) is 1. The lowest BCUT2D eigenvalue weighted by Gasteiger charge is -2.12. The van der Waals surface area contributed by atoms with E-state index in [0.29, 0.717) is 6.10 Å². The summed E-state index contributed by atoms with van der Waals surface area (Å²) in [5.74, 6) is 0. The van der Waals surface area contributed by atoms with E-state index in [2.05, 4.69) is 17.2 Å². The van der Waals surface area contributed by atoms with Crippen LogP contribution in [0, 0.1) is 0 Å². The second kappa shape index (κ2) is 7.37. The Kier molecular flexibility index (Phi) is 5.97. The molecular weight excluding hydrogens is 188 g/mol. The Morgan fingerprint density at radius 2 is 2.33 bits per heavy atom. The Morgan fingerprint density at radius 1 is 1.47 bits per heavy atom. The molecule has 1 heterocycles. The molecule has 0 amide bonds. The van der Waals surface area contributed by atoms with Gasteiger partial charge >= 0.3 is 0 Å². The summed E-state index contributed by atoms with van der Waals surface area (Å²) in [6, 6.07) is 6.01. The Morgan fingerprint density at radius 3 is 3.00 bits per heavy atom. The predicted molar refractivity (Wildman–Crippen MR) is 61.9 cm³/mol. The van der Waals surface area contributed by atoms with E-state index in [1.54, 1.807) is 0 Å². The zero-order chi connectivity index (χ0) is 10.9. The van der Waals surface area contributed by atoms with Crippen molar-refractivity contribution in [1.29, 1.82) is 0 Å². The van der Waals surface area contributed by atoms with Crippen LogP contribution in [0.5, 0.6) is 0 Å². The topological polar surface area (TPSA) is 34.1 Å². The summed E-state index contributed by atoms with van der Waals surface area (Å²) in [7, 11) is 0. The minimum atomic E-state index is 0.290. The standard InChI is InChI=1S/C12H20N2O/c1-3-15-11(2)10-13-9-7-12-6-4-5-8-14-12/h4-6,8,11,13H,3,7,9-10H2,1-2H3. The van der Waals surface area contributed by atoms with Gasteiger partial charge in [-0.15, -0.1) is 0 Å². The number of pyridine rings is 1. The molecule has 3 nitrogen and oxygen atoms in total. The van der Waals surface area contributed by atoms with Crippen molar-refractivity contribution in [3.05, 3.63) is 30.1 Å².